The van der Waals surface area contributed by atoms with Gasteiger partial charge in [0.05, 0.1) is 4.92 Å². The van der Waals surface area contributed by atoms with Crippen LogP contribution in [0.1, 0.15) is 28.8 Å². The maximum atomic E-state index is 13.8. The molecule has 0 saturated heterocycles. The van der Waals surface area contributed by atoms with Crippen LogP contribution in [0, 0.1) is 21.7 Å². The zero-order chi connectivity index (χ0) is 18.8. The van der Waals surface area contributed by atoms with Gasteiger partial charge >= 0.3 is 0 Å². The van der Waals surface area contributed by atoms with Crippen LogP contribution in [0.25, 0.3) is 0 Å². The average molecular weight is 361 g/mol. The number of nitrogens with one attached hydrogen (secondary N) is 1. The molecule has 0 aromatic heterocycles. The SMILES string of the molecule is CN(Cc1ccc(F)cc1F)C(=O)c1ccc(NC2CC2)c([N+](=O)[O-])c1. The molecule has 0 aliphatic heterocycles. The quantitative estimate of drug-likeness (QED) is 0.628. The standard InChI is InChI=1S/C18H17F2N3O3/c1-22(10-12-2-4-13(19)9-15(12)20)18(24)11-3-7-16(21-14-5-6-14)17(8-11)23(25)26/h2-4,7-9,14,21H,5-6,10H2,1H3. The Balaban J connectivity index is 1.79. The highest BCUT2D eigenvalue weighted by molar-refractivity contribution is 5.95. The highest BCUT2D eigenvalue weighted by Gasteiger charge is 2.26. The van der Waals surface area contributed by atoms with Crippen molar-refractivity contribution >= 4 is 17.3 Å². The van der Waals surface area contributed by atoms with Crippen molar-refractivity contribution < 1.29 is 18.5 Å². The molecule has 0 spiro atoms. The first-order chi connectivity index (χ1) is 12.3. The van der Waals surface area contributed by atoms with Crippen LogP contribution >= 0.6 is 0 Å². The Labute approximate surface area is 148 Å². The van der Waals surface area contributed by atoms with Gasteiger partial charge in [-0.25, -0.2) is 8.78 Å². The van der Waals surface area contributed by atoms with E-state index in [-0.39, 0.29) is 29.4 Å². The number of carbonyl (C=O) groups is 1. The van der Waals surface area contributed by atoms with Crippen molar-refractivity contribution in [2.75, 3.05) is 12.4 Å². The molecule has 3 rings (SSSR count). The number of benzene rings is 2. The maximum Gasteiger partial charge on any atom is 0.293 e. The lowest BCUT2D eigenvalue weighted by Gasteiger charge is -2.18. The molecule has 1 fully saturated rings. The van der Waals surface area contributed by atoms with Crippen molar-refractivity contribution in [1.82, 2.24) is 4.90 Å². The summed E-state index contributed by atoms with van der Waals surface area (Å²) in [7, 11) is 1.45. The Morgan fingerprint density at radius 2 is 2.00 bits per heavy atom. The number of nitrogens with zero attached hydrogens (tertiary/aromatic N) is 2. The lowest BCUT2D eigenvalue weighted by atomic mass is 10.1. The minimum atomic E-state index is -0.750. The van der Waals surface area contributed by atoms with E-state index in [1.54, 1.807) is 0 Å². The third-order valence-electron chi connectivity index (χ3n) is 4.15. The van der Waals surface area contributed by atoms with E-state index in [1.807, 2.05) is 0 Å². The van der Waals surface area contributed by atoms with Crippen molar-refractivity contribution in [2.45, 2.75) is 25.4 Å². The summed E-state index contributed by atoms with van der Waals surface area (Å²) >= 11 is 0. The van der Waals surface area contributed by atoms with Crippen LogP contribution < -0.4 is 5.32 Å². The normalized spacial score (nSPS) is 13.3. The molecule has 0 radical (unpaired) electrons. The predicted octanol–water partition coefficient (Wildman–Crippen LogP) is 3.72. The predicted molar refractivity (Wildman–Crippen MR) is 91.9 cm³/mol. The Morgan fingerprint density at radius 3 is 2.62 bits per heavy atom. The molecule has 0 heterocycles. The molecule has 1 aliphatic rings. The summed E-state index contributed by atoms with van der Waals surface area (Å²) < 4.78 is 26.7. The molecular formula is C18H17F2N3O3. The van der Waals surface area contributed by atoms with Crippen molar-refractivity contribution in [3.8, 4) is 0 Å². The van der Waals surface area contributed by atoms with Crippen molar-refractivity contribution in [2.24, 2.45) is 0 Å². The summed E-state index contributed by atoms with van der Waals surface area (Å²) in [5.41, 5.74) is 0.484. The van der Waals surface area contributed by atoms with Gasteiger partial charge in [-0.2, -0.15) is 0 Å². The van der Waals surface area contributed by atoms with Gasteiger partial charge in [-0.05, 0) is 31.0 Å². The van der Waals surface area contributed by atoms with Crippen LogP contribution in [0.5, 0.6) is 0 Å². The lowest BCUT2D eigenvalue weighted by Crippen LogP contribution is -2.26. The molecule has 136 valence electrons. The van der Waals surface area contributed by atoms with E-state index in [1.165, 1.54) is 36.2 Å². The summed E-state index contributed by atoms with van der Waals surface area (Å²) in [6.07, 6.45) is 1.92. The fourth-order valence-corrected chi connectivity index (χ4v) is 2.58. The number of carbonyl (C=O) groups excluding carboxylic acids is 1. The summed E-state index contributed by atoms with van der Waals surface area (Å²) in [4.78, 5) is 24.5. The second kappa shape index (κ2) is 7.07. The average Bonchev–Trinajstić information content (AvgIpc) is 3.41. The minimum Gasteiger partial charge on any atom is -0.377 e. The molecule has 2 aromatic carbocycles. The van der Waals surface area contributed by atoms with Crippen LogP contribution in [0.15, 0.2) is 36.4 Å². The van der Waals surface area contributed by atoms with Gasteiger partial charge in [0.15, 0.2) is 0 Å². The largest absolute Gasteiger partial charge is 0.377 e. The van der Waals surface area contributed by atoms with E-state index in [9.17, 15) is 23.7 Å². The molecule has 0 bridgehead atoms. The Bertz CT molecular complexity index is 869. The molecule has 0 unspecified atom stereocenters. The van der Waals surface area contributed by atoms with Crippen LogP contribution in [0.2, 0.25) is 0 Å². The number of halogens is 2. The van der Waals surface area contributed by atoms with E-state index in [0.717, 1.165) is 25.0 Å². The van der Waals surface area contributed by atoms with Crippen molar-refractivity contribution in [1.29, 1.82) is 0 Å². The second-order valence-electron chi connectivity index (χ2n) is 6.30. The first kappa shape index (κ1) is 17.8. The van der Waals surface area contributed by atoms with E-state index in [2.05, 4.69) is 5.32 Å². The van der Waals surface area contributed by atoms with Crippen LogP contribution in [-0.2, 0) is 6.54 Å². The molecule has 6 nitrogen and oxygen atoms in total. The number of rotatable bonds is 6. The first-order valence-electron chi connectivity index (χ1n) is 8.09. The van der Waals surface area contributed by atoms with Crippen molar-refractivity contribution in [3.05, 3.63) is 69.3 Å². The number of hydrogen-bond donors (Lipinski definition) is 1. The summed E-state index contributed by atoms with van der Waals surface area (Å²) in [5.74, 6) is -1.94. The van der Waals surface area contributed by atoms with Crippen molar-refractivity contribution in [3.63, 3.8) is 0 Å². The third kappa shape index (κ3) is 3.96. The second-order valence-corrected chi connectivity index (χ2v) is 6.30. The Morgan fingerprint density at radius 1 is 1.27 bits per heavy atom. The molecule has 1 N–H and O–H groups in total. The smallest absolute Gasteiger partial charge is 0.293 e. The molecule has 1 amide bonds. The van der Waals surface area contributed by atoms with Gasteiger partial charge in [-0.3, -0.25) is 14.9 Å². The van der Waals surface area contributed by atoms with Gasteiger partial charge < -0.3 is 10.2 Å². The van der Waals surface area contributed by atoms with E-state index < -0.39 is 22.5 Å². The maximum absolute atomic E-state index is 13.8. The minimum absolute atomic E-state index is 0.0825. The van der Waals surface area contributed by atoms with Gasteiger partial charge in [0.25, 0.3) is 11.6 Å². The fraction of sp³-hybridized carbons (Fsp3) is 0.278. The monoisotopic (exact) mass is 361 g/mol. The number of anilines is 1. The number of amides is 1. The summed E-state index contributed by atoms with van der Waals surface area (Å²) in [6.45, 7) is -0.0825. The third-order valence-corrected chi connectivity index (χ3v) is 4.15. The Kier molecular flexibility index (Phi) is 4.83. The highest BCUT2D eigenvalue weighted by atomic mass is 19.1. The molecular weight excluding hydrogens is 344 g/mol. The van der Waals surface area contributed by atoms with Gasteiger partial charge in [0.2, 0.25) is 0 Å². The fourth-order valence-electron chi connectivity index (χ4n) is 2.58. The van der Waals surface area contributed by atoms with Gasteiger partial charge in [-0.1, -0.05) is 6.07 Å². The number of nitro benzene ring substituents is 1. The molecule has 1 saturated carbocycles. The molecule has 1 aliphatic carbocycles. The van der Waals surface area contributed by atoms with Gasteiger partial charge in [0, 0.05) is 42.9 Å². The number of nitro groups is 1. The topological polar surface area (TPSA) is 75.5 Å². The van der Waals surface area contributed by atoms with E-state index in [4.69, 9.17) is 0 Å². The van der Waals surface area contributed by atoms with Gasteiger partial charge in [0.1, 0.15) is 17.3 Å². The zero-order valence-corrected chi connectivity index (χ0v) is 14.0. The van der Waals surface area contributed by atoms with Crippen LogP contribution in [0.4, 0.5) is 20.2 Å². The molecule has 26 heavy (non-hydrogen) atoms. The van der Waals surface area contributed by atoms with E-state index >= 15 is 0 Å². The Hall–Kier alpha value is -3.03. The lowest BCUT2D eigenvalue weighted by molar-refractivity contribution is -0.384. The summed E-state index contributed by atoms with van der Waals surface area (Å²) in [6, 6.07) is 7.58. The van der Waals surface area contributed by atoms with Crippen LogP contribution in [-0.4, -0.2) is 28.8 Å². The zero-order valence-electron chi connectivity index (χ0n) is 14.0. The highest BCUT2D eigenvalue weighted by Crippen LogP contribution is 2.31. The molecule has 0 atom stereocenters. The molecule has 8 heteroatoms. The summed E-state index contributed by atoms with van der Waals surface area (Å²) in [5, 5.41) is 14.4. The van der Waals surface area contributed by atoms with Crippen LogP contribution in [0.3, 0.4) is 0 Å². The van der Waals surface area contributed by atoms with Gasteiger partial charge in [-0.15, -0.1) is 0 Å². The molecule has 2 aromatic rings. The first-order valence-corrected chi connectivity index (χ1v) is 8.09. The van der Waals surface area contributed by atoms with E-state index in [0.29, 0.717) is 5.69 Å². The number of hydrogen-bond acceptors (Lipinski definition) is 4.